The Morgan fingerprint density at radius 2 is 2.00 bits per heavy atom. The minimum atomic E-state index is -0.541. The monoisotopic (exact) mass is 510 g/mol. The molecule has 1 saturated heterocycles. The smallest absolute Gasteiger partial charge is 0.294 e. The molecule has 0 spiro atoms. The second-order valence-corrected chi connectivity index (χ2v) is 7.89. The van der Waals surface area contributed by atoms with Crippen molar-refractivity contribution >= 4 is 63.2 Å². The van der Waals surface area contributed by atoms with Crippen LogP contribution in [0.15, 0.2) is 47.4 Å². The normalized spacial score (nSPS) is 15.2. The maximum absolute atomic E-state index is 12.6. The van der Waals surface area contributed by atoms with Crippen molar-refractivity contribution in [1.82, 2.24) is 4.90 Å². The van der Waals surface area contributed by atoms with E-state index in [4.69, 9.17) is 4.74 Å². The Labute approximate surface area is 178 Å². The zero-order valence-corrected chi connectivity index (χ0v) is 17.6. The fourth-order valence-corrected chi connectivity index (χ4v) is 3.95. The van der Waals surface area contributed by atoms with Gasteiger partial charge in [0.05, 0.1) is 15.6 Å². The van der Waals surface area contributed by atoms with Crippen molar-refractivity contribution < 1.29 is 24.2 Å². The molecule has 144 valence electrons. The number of rotatable bonds is 5. The Bertz CT molecular complexity index is 978. The number of nitrogens with one attached hydrogen (secondary N) is 1. The number of hydrogen-bond donors (Lipinski definition) is 2. The highest BCUT2D eigenvalue weighted by atomic mass is 127. The molecule has 3 amide bonds. The van der Waals surface area contributed by atoms with E-state index in [1.54, 1.807) is 36.4 Å². The van der Waals surface area contributed by atoms with Crippen LogP contribution in [0.3, 0.4) is 0 Å². The minimum Gasteiger partial charge on any atom is -0.504 e. The molecule has 7 nitrogen and oxygen atoms in total. The van der Waals surface area contributed by atoms with Gasteiger partial charge in [0.25, 0.3) is 11.1 Å². The predicted molar refractivity (Wildman–Crippen MR) is 115 cm³/mol. The zero-order valence-electron chi connectivity index (χ0n) is 14.6. The molecule has 9 heteroatoms. The van der Waals surface area contributed by atoms with Gasteiger partial charge in [0, 0.05) is 5.69 Å². The Kier molecular flexibility index (Phi) is 6.25. The van der Waals surface area contributed by atoms with E-state index < -0.39 is 17.1 Å². The molecular formula is C19H15IN2O5S. The number of halogens is 1. The highest BCUT2D eigenvalue weighted by molar-refractivity contribution is 14.1. The van der Waals surface area contributed by atoms with E-state index in [-0.39, 0.29) is 22.9 Å². The van der Waals surface area contributed by atoms with Gasteiger partial charge in [0.15, 0.2) is 11.5 Å². The number of phenols is 1. The second-order valence-electron chi connectivity index (χ2n) is 5.74. The van der Waals surface area contributed by atoms with E-state index in [9.17, 15) is 19.5 Å². The van der Waals surface area contributed by atoms with Crippen LogP contribution in [0, 0.1) is 3.57 Å². The number of amides is 3. The maximum Gasteiger partial charge on any atom is 0.294 e. The molecule has 2 aromatic rings. The van der Waals surface area contributed by atoms with Crippen LogP contribution in [0.4, 0.5) is 10.5 Å². The largest absolute Gasteiger partial charge is 0.504 e. The van der Waals surface area contributed by atoms with E-state index >= 15 is 0 Å². The first-order chi connectivity index (χ1) is 13.4. The van der Waals surface area contributed by atoms with Gasteiger partial charge in [-0.3, -0.25) is 19.3 Å². The van der Waals surface area contributed by atoms with Gasteiger partial charge in [-0.25, -0.2) is 0 Å². The van der Waals surface area contributed by atoms with Crippen molar-refractivity contribution in [3.63, 3.8) is 0 Å². The van der Waals surface area contributed by atoms with Gasteiger partial charge in [-0.15, -0.1) is 0 Å². The summed E-state index contributed by atoms with van der Waals surface area (Å²) in [6.07, 6.45) is 1.53. The van der Waals surface area contributed by atoms with Crippen molar-refractivity contribution in [1.29, 1.82) is 0 Å². The van der Waals surface area contributed by atoms with Gasteiger partial charge in [0.2, 0.25) is 5.91 Å². The van der Waals surface area contributed by atoms with Crippen LogP contribution in [0.2, 0.25) is 0 Å². The van der Waals surface area contributed by atoms with Gasteiger partial charge in [-0.1, -0.05) is 18.2 Å². The van der Waals surface area contributed by atoms with Gasteiger partial charge >= 0.3 is 0 Å². The van der Waals surface area contributed by atoms with Gasteiger partial charge in [-0.05, 0) is 70.3 Å². The van der Waals surface area contributed by atoms with E-state index in [1.165, 1.54) is 13.2 Å². The first-order valence-corrected chi connectivity index (χ1v) is 9.95. The first-order valence-electron chi connectivity index (χ1n) is 8.06. The maximum atomic E-state index is 12.6. The molecule has 0 saturated carbocycles. The number of hydrogen-bond acceptors (Lipinski definition) is 6. The van der Waals surface area contributed by atoms with Crippen LogP contribution in [0.25, 0.3) is 6.08 Å². The summed E-state index contributed by atoms with van der Waals surface area (Å²) < 4.78 is 5.65. The molecule has 1 fully saturated rings. The number of ether oxygens (including phenoxy) is 1. The number of phenolic OH excluding ortho intramolecular Hbond substituents is 1. The fraction of sp³-hybridized carbons (Fsp3) is 0.105. The molecule has 1 aliphatic heterocycles. The number of para-hydroxylation sites is 1. The molecule has 28 heavy (non-hydrogen) atoms. The third kappa shape index (κ3) is 4.47. The number of methoxy groups -OCH3 is 1. The number of nitrogens with zero attached hydrogens (tertiary/aromatic N) is 1. The molecule has 2 aromatic carbocycles. The predicted octanol–water partition coefficient (Wildman–Crippen LogP) is 3.68. The minimum absolute atomic E-state index is 0.00550. The molecule has 1 aliphatic rings. The van der Waals surface area contributed by atoms with E-state index in [2.05, 4.69) is 5.32 Å². The zero-order chi connectivity index (χ0) is 20.3. The topological polar surface area (TPSA) is 95.9 Å². The van der Waals surface area contributed by atoms with Crippen molar-refractivity contribution in [2.45, 2.75) is 0 Å². The summed E-state index contributed by atoms with van der Waals surface area (Å²) in [5, 5.41) is 12.0. The van der Waals surface area contributed by atoms with E-state index in [0.717, 1.165) is 16.7 Å². The quantitative estimate of drug-likeness (QED) is 0.471. The van der Waals surface area contributed by atoms with Crippen molar-refractivity contribution in [3.8, 4) is 11.5 Å². The lowest BCUT2D eigenvalue weighted by Gasteiger charge is -2.12. The highest BCUT2D eigenvalue weighted by Gasteiger charge is 2.36. The molecule has 2 N–H and O–H groups in total. The van der Waals surface area contributed by atoms with Crippen LogP contribution in [0.5, 0.6) is 11.5 Å². The molecule has 0 unspecified atom stereocenters. The highest BCUT2D eigenvalue weighted by Crippen LogP contribution is 2.36. The van der Waals surface area contributed by atoms with Crippen LogP contribution >= 0.6 is 34.4 Å². The summed E-state index contributed by atoms with van der Waals surface area (Å²) in [6, 6.07) is 12.0. The number of imide groups is 1. The lowest BCUT2D eigenvalue weighted by Crippen LogP contribution is -2.36. The Morgan fingerprint density at radius 3 is 2.68 bits per heavy atom. The van der Waals surface area contributed by atoms with Crippen LogP contribution in [-0.4, -0.2) is 40.7 Å². The van der Waals surface area contributed by atoms with Crippen molar-refractivity contribution in [2.24, 2.45) is 0 Å². The second kappa shape index (κ2) is 8.65. The average molecular weight is 510 g/mol. The average Bonchev–Trinajstić information content (AvgIpc) is 2.92. The number of carbonyl (C=O) groups is 3. The third-order valence-electron chi connectivity index (χ3n) is 3.80. The molecule has 1 heterocycles. The standard InChI is InChI=1S/C19H15IN2O5S/c1-27-14-8-11(7-13(20)17(14)24)9-15-18(25)22(19(26)28-15)10-16(23)21-12-5-3-2-4-6-12/h2-9,24H,10H2,1H3,(H,21,23)/b15-9+. The number of thioether (sulfide) groups is 1. The molecule has 0 bridgehead atoms. The number of benzene rings is 2. The third-order valence-corrected chi connectivity index (χ3v) is 5.53. The van der Waals surface area contributed by atoms with E-state index in [0.29, 0.717) is 14.8 Å². The van der Waals surface area contributed by atoms with Gasteiger partial charge in [-0.2, -0.15) is 0 Å². The summed E-state index contributed by atoms with van der Waals surface area (Å²) >= 11 is 2.71. The summed E-state index contributed by atoms with van der Waals surface area (Å²) in [7, 11) is 1.42. The summed E-state index contributed by atoms with van der Waals surface area (Å²) in [4.78, 5) is 38.0. The summed E-state index contributed by atoms with van der Waals surface area (Å²) in [5.41, 5.74) is 1.18. The van der Waals surface area contributed by atoms with E-state index in [1.807, 2.05) is 28.7 Å². The van der Waals surface area contributed by atoms with Gasteiger partial charge in [0.1, 0.15) is 6.54 Å². The van der Waals surface area contributed by atoms with Crippen LogP contribution < -0.4 is 10.1 Å². The van der Waals surface area contributed by atoms with Crippen LogP contribution in [0.1, 0.15) is 5.56 Å². The van der Waals surface area contributed by atoms with Crippen molar-refractivity contribution in [2.75, 3.05) is 19.0 Å². The molecule has 0 aliphatic carbocycles. The number of carbonyl (C=O) groups excluding carboxylic acids is 3. The van der Waals surface area contributed by atoms with Gasteiger partial charge < -0.3 is 15.2 Å². The molecule has 3 rings (SSSR count). The summed E-state index contributed by atoms with van der Waals surface area (Å²) in [6.45, 7) is -0.368. The first kappa shape index (κ1) is 20.2. The molecule has 0 atom stereocenters. The lowest BCUT2D eigenvalue weighted by atomic mass is 10.2. The number of aromatic hydroxyl groups is 1. The Balaban J connectivity index is 1.75. The summed E-state index contributed by atoms with van der Waals surface area (Å²) in [5.74, 6) is -0.735. The number of anilines is 1. The Morgan fingerprint density at radius 1 is 1.29 bits per heavy atom. The lowest BCUT2D eigenvalue weighted by molar-refractivity contribution is -0.127. The molecular weight excluding hydrogens is 495 g/mol. The van der Waals surface area contributed by atoms with Crippen LogP contribution in [-0.2, 0) is 9.59 Å². The molecule has 0 aromatic heterocycles. The molecule has 0 radical (unpaired) electrons. The Hall–Kier alpha value is -2.53. The fourth-order valence-electron chi connectivity index (χ4n) is 2.49. The SMILES string of the molecule is COc1cc(/C=C2/SC(=O)N(CC(=O)Nc3ccccc3)C2=O)cc(I)c1O. The van der Waals surface area contributed by atoms with Crippen molar-refractivity contribution in [3.05, 3.63) is 56.5 Å².